The van der Waals surface area contributed by atoms with E-state index in [2.05, 4.69) is 4.98 Å². The molecule has 1 aromatic rings. The highest BCUT2D eigenvalue weighted by molar-refractivity contribution is 7.09. The lowest BCUT2D eigenvalue weighted by Gasteiger charge is -2.33. The lowest BCUT2D eigenvalue weighted by atomic mass is 9.96. The van der Waals surface area contributed by atoms with Crippen molar-refractivity contribution in [3.8, 4) is 0 Å². The topological polar surface area (TPSA) is 53.5 Å². The van der Waals surface area contributed by atoms with Gasteiger partial charge < -0.3 is 9.80 Å². The van der Waals surface area contributed by atoms with Crippen molar-refractivity contribution in [1.29, 1.82) is 0 Å². The lowest BCUT2D eigenvalue weighted by molar-refractivity contribution is -0.137. The normalized spacial score (nSPS) is 26.4. The van der Waals surface area contributed by atoms with E-state index in [0.29, 0.717) is 25.4 Å². The quantitative estimate of drug-likeness (QED) is 0.854. The van der Waals surface area contributed by atoms with Crippen molar-refractivity contribution in [3.05, 3.63) is 16.6 Å². The second kappa shape index (κ2) is 6.13. The van der Waals surface area contributed by atoms with Crippen LogP contribution >= 0.6 is 11.3 Å². The molecule has 2 fully saturated rings. The number of hydrogen-bond donors (Lipinski definition) is 0. The van der Waals surface area contributed by atoms with Gasteiger partial charge in [0.1, 0.15) is 0 Å². The van der Waals surface area contributed by atoms with Gasteiger partial charge in [-0.05, 0) is 19.8 Å². The minimum Gasteiger partial charge on any atom is -0.342 e. The number of aromatic nitrogens is 1. The minimum atomic E-state index is -0.146. The van der Waals surface area contributed by atoms with Crippen LogP contribution in [0.15, 0.2) is 11.6 Å². The Bertz CT molecular complexity index is 517. The molecule has 3 rings (SSSR count). The van der Waals surface area contributed by atoms with E-state index < -0.39 is 0 Å². The van der Waals surface area contributed by atoms with Gasteiger partial charge in [0.25, 0.3) is 0 Å². The molecule has 0 N–H and O–H groups in total. The number of thiazole rings is 1. The van der Waals surface area contributed by atoms with E-state index in [1.165, 1.54) is 0 Å². The second-order valence-corrected chi connectivity index (χ2v) is 6.75. The minimum absolute atomic E-state index is 0.115. The second-order valence-electron chi connectivity index (χ2n) is 5.83. The van der Waals surface area contributed by atoms with Crippen LogP contribution in [0.3, 0.4) is 0 Å². The Labute approximate surface area is 129 Å². The molecule has 2 aliphatic rings. The summed E-state index contributed by atoms with van der Waals surface area (Å²) in [6, 6.07) is 0. The van der Waals surface area contributed by atoms with Crippen molar-refractivity contribution >= 4 is 23.2 Å². The Kier molecular flexibility index (Phi) is 4.24. The Morgan fingerprint density at radius 2 is 2.33 bits per heavy atom. The molecule has 2 amide bonds. The predicted octanol–water partition coefficient (Wildman–Crippen LogP) is 1.72. The fourth-order valence-corrected chi connectivity index (χ4v) is 4.08. The predicted molar refractivity (Wildman–Crippen MR) is 81.0 cm³/mol. The van der Waals surface area contributed by atoms with E-state index >= 15 is 0 Å². The first-order chi connectivity index (χ1) is 10.2. The van der Waals surface area contributed by atoms with Crippen LogP contribution < -0.4 is 0 Å². The highest BCUT2D eigenvalue weighted by Crippen LogP contribution is 2.30. The molecule has 0 saturated carbocycles. The maximum atomic E-state index is 12.7. The average Bonchev–Trinajstić information content (AvgIpc) is 3.16. The van der Waals surface area contributed by atoms with Crippen molar-refractivity contribution in [2.24, 2.45) is 5.92 Å². The average molecular weight is 307 g/mol. The van der Waals surface area contributed by atoms with Gasteiger partial charge >= 0.3 is 0 Å². The Balaban J connectivity index is 1.64. The van der Waals surface area contributed by atoms with E-state index in [1.54, 1.807) is 16.2 Å². The molecule has 0 spiro atoms. The third kappa shape index (κ3) is 2.95. The van der Waals surface area contributed by atoms with Gasteiger partial charge in [0.2, 0.25) is 11.8 Å². The number of likely N-dealkylation sites (tertiary alicyclic amines) is 2. The maximum Gasteiger partial charge on any atom is 0.228 e. The molecular formula is C15H21N3O2S. The number of carbonyl (C=O) groups is 2. The molecule has 6 heteroatoms. The third-order valence-corrected chi connectivity index (χ3v) is 5.42. The number of amides is 2. The highest BCUT2D eigenvalue weighted by Gasteiger charge is 2.37. The first-order valence-electron chi connectivity index (χ1n) is 7.65. The summed E-state index contributed by atoms with van der Waals surface area (Å²) in [5.74, 6) is 0.486. The van der Waals surface area contributed by atoms with Gasteiger partial charge in [-0.3, -0.25) is 9.59 Å². The van der Waals surface area contributed by atoms with Gasteiger partial charge in [-0.1, -0.05) is 0 Å². The number of piperidine rings is 1. The Morgan fingerprint density at radius 1 is 1.48 bits per heavy atom. The zero-order valence-electron chi connectivity index (χ0n) is 12.3. The molecule has 3 heterocycles. The molecule has 114 valence electrons. The van der Waals surface area contributed by atoms with Gasteiger partial charge in [0.15, 0.2) is 0 Å². The zero-order chi connectivity index (χ0) is 14.8. The van der Waals surface area contributed by atoms with Crippen LogP contribution in [-0.4, -0.2) is 52.8 Å². The molecule has 2 aliphatic heterocycles. The van der Waals surface area contributed by atoms with Crippen LogP contribution in [0.2, 0.25) is 0 Å². The van der Waals surface area contributed by atoms with Gasteiger partial charge in [-0.25, -0.2) is 4.98 Å². The molecule has 1 aromatic heterocycles. The van der Waals surface area contributed by atoms with Gasteiger partial charge in [-0.2, -0.15) is 0 Å². The van der Waals surface area contributed by atoms with E-state index in [-0.39, 0.29) is 17.7 Å². The fraction of sp³-hybridized carbons (Fsp3) is 0.667. The molecule has 0 aliphatic carbocycles. The molecular weight excluding hydrogens is 286 g/mol. The zero-order valence-corrected chi connectivity index (χ0v) is 13.1. The first-order valence-corrected chi connectivity index (χ1v) is 8.53. The largest absolute Gasteiger partial charge is 0.342 e. The van der Waals surface area contributed by atoms with E-state index in [4.69, 9.17) is 0 Å². The molecule has 5 nitrogen and oxygen atoms in total. The molecule has 0 unspecified atom stereocenters. The van der Waals surface area contributed by atoms with Crippen molar-refractivity contribution in [2.75, 3.05) is 26.2 Å². The van der Waals surface area contributed by atoms with E-state index in [9.17, 15) is 9.59 Å². The Hall–Kier alpha value is -1.43. The first kappa shape index (κ1) is 14.5. The molecule has 0 bridgehead atoms. The summed E-state index contributed by atoms with van der Waals surface area (Å²) >= 11 is 1.67. The third-order valence-electron chi connectivity index (χ3n) is 4.48. The summed E-state index contributed by atoms with van der Waals surface area (Å²) in [6.45, 7) is 4.82. The summed E-state index contributed by atoms with van der Waals surface area (Å²) in [5, 5.41) is 3.12. The smallest absolute Gasteiger partial charge is 0.228 e. The van der Waals surface area contributed by atoms with Crippen LogP contribution in [0, 0.1) is 5.92 Å². The van der Waals surface area contributed by atoms with Crippen LogP contribution in [0.4, 0.5) is 0 Å². The van der Waals surface area contributed by atoms with Gasteiger partial charge in [-0.15, -0.1) is 11.3 Å². The summed E-state index contributed by atoms with van der Waals surface area (Å²) in [4.78, 5) is 32.6. The van der Waals surface area contributed by atoms with Crippen LogP contribution in [0.1, 0.15) is 37.1 Å². The molecule has 2 saturated heterocycles. The van der Waals surface area contributed by atoms with Crippen LogP contribution in [0.5, 0.6) is 0 Å². The van der Waals surface area contributed by atoms with Gasteiger partial charge in [0, 0.05) is 50.1 Å². The maximum absolute atomic E-state index is 12.7. The summed E-state index contributed by atoms with van der Waals surface area (Å²) in [5.41, 5.74) is 0. The van der Waals surface area contributed by atoms with Crippen molar-refractivity contribution in [1.82, 2.24) is 14.8 Å². The molecule has 21 heavy (non-hydrogen) atoms. The van der Waals surface area contributed by atoms with E-state index in [1.807, 2.05) is 23.4 Å². The monoisotopic (exact) mass is 307 g/mol. The number of rotatable bonds is 3. The van der Waals surface area contributed by atoms with Crippen LogP contribution in [-0.2, 0) is 9.59 Å². The van der Waals surface area contributed by atoms with Gasteiger partial charge in [0.05, 0.1) is 10.9 Å². The SMILES string of the molecule is CCN1C[C@@H](C(=O)N2CCC[C@@H](c3nccs3)C2)CC1=O. The standard InChI is InChI=1S/C15H21N3O2S/c1-2-17-10-12(8-13(17)19)15(20)18-6-3-4-11(9-18)14-16-5-7-21-14/h5,7,11-12H,2-4,6,8-10H2,1H3/t11-,12+/m1/s1. The summed E-state index contributed by atoms with van der Waals surface area (Å²) < 4.78 is 0. The lowest BCUT2D eigenvalue weighted by Crippen LogP contribution is -2.43. The molecule has 0 aromatic carbocycles. The number of hydrogen-bond acceptors (Lipinski definition) is 4. The van der Waals surface area contributed by atoms with Crippen LogP contribution in [0.25, 0.3) is 0 Å². The highest BCUT2D eigenvalue weighted by atomic mass is 32.1. The summed E-state index contributed by atoms with van der Waals surface area (Å²) in [6.07, 6.45) is 4.33. The number of nitrogens with zero attached hydrogens (tertiary/aromatic N) is 3. The fourth-order valence-electron chi connectivity index (χ4n) is 3.32. The molecule has 2 atom stereocenters. The van der Waals surface area contributed by atoms with Crippen molar-refractivity contribution < 1.29 is 9.59 Å². The molecule has 0 radical (unpaired) electrons. The number of carbonyl (C=O) groups excluding carboxylic acids is 2. The van der Waals surface area contributed by atoms with E-state index in [0.717, 1.165) is 30.9 Å². The Morgan fingerprint density at radius 3 is 3.00 bits per heavy atom. The summed E-state index contributed by atoms with van der Waals surface area (Å²) in [7, 11) is 0. The van der Waals surface area contributed by atoms with Crippen molar-refractivity contribution in [3.63, 3.8) is 0 Å². The van der Waals surface area contributed by atoms with Crippen molar-refractivity contribution in [2.45, 2.75) is 32.1 Å².